The number of likely N-dealkylation sites (N-methyl/N-ethyl adjacent to an activating group) is 1. The normalized spacial score (nSPS) is 11.1. The molecule has 4 nitrogen and oxygen atoms in total. The fourth-order valence-corrected chi connectivity index (χ4v) is 1.74. The molecule has 5 heteroatoms. The molecule has 0 unspecified atom stereocenters. The van der Waals surface area contributed by atoms with Crippen molar-refractivity contribution in [1.82, 2.24) is 9.88 Å². The molecule has 1 heterocycles. The largest absolute Gasteiger partial charge is 0.379 e. The van der Waals surface area contributed by atoms with Gasteiger partial charge in [-0.1, -0.05) is 0 Å². The van der Waals surface area contributed by atoms with Crippen LogP contribution in [0, 0.1) is 0 Å². The first-order valence-electron chi connectivity index (χ1n) is 4.67. The third kappa shape index (κ3) is 4.66. The van der Waals surface area contributed by atoms with Gasteiger partial charge in [0.1, 0.15) is 5.01 Å². The summed E-state index contributed by atoms with van der Waals surface area (Å²) >= 11 is 1.68. The molecule has 0 radical (unpaired) electrons. The first-order valence-corrected chi connectivity index (χ1v) is 5.55. The number of aromatic nitrogens is 1. The third-order valence-electron chi connectivity index (χ3n) is 1.77. The Morgan fingerprint density at radius 2 is 2.43 bits per heavy atom. The number of nitrogens with zero attached hydrogens (tertiary/aromatic N) is 2. The van der Waals surface area contributed by atoms with Crippen LogP contribution in [0.2, 0.25) is 0 Å². The van der Waals surface area contributed by atoms with E-state index in [4.69, 9.17) is 10.5 Å². The molecule has 0 aromatic carbocycles. The molecule has 14 heavy (non-hydrogen) atoms. The Morgan fingerprint density at radius 1 is 1.57 bits per heavy atom. The van der Waals surface area contributed by atoms with Crippen LogP contribution >= 0.6 is 11.3 Å². The molecule has 0 saturated heterocycles. The summed E-state index contributed by atoms with van der Waals surface area (Å²) in [7, 11) is 2.06. The van der Waals surface area contributed by atoms with Crippen LogP contribution < -0.4 is 5.73 Å². The van der Waals surface area contributed by atoms with Crippen molar-refractivity contribution in [1.29, 1.82) is 0 Å². The van der Waals surface area contributed by atoms with Gasteiger partial charge < -0.3 is 10.5 Å². The highest BCUT2D eigenvalue weighted by Gasteiger charge is 2.01. The Balaban J connectivity index is 2.07. The van der Waals surface area contributed by atoms with Gasteiger partial charge in [-0.15, -0.1) is 11.3 Å². The van der Waals surface area contributed by atoms with Gasteiger partial charge in [0, 0.05) is 24.7 Å². The standard InChI is InChI=1S/C9H17N3OS/c1-12(4-6-13-5-2-10)8-9-11-3-7-14-9/h3,7H,2,4-6,8,10H2,1H3. The molecule has 1 aromatic rings. The van der Waals surface area contributed by atoms with Crippen LogP contribution in [0.4, 0.5) is 0 Å². The summed E-state index contributed by atoms with van der Waals surface area (Å²) in [6.07, 6.45) is 1.83. The number of thiazole rings is 1. The maximum atomic E-state index is 5.31. The van der Waals surface area contributed by atoms with Gasteiger partial charge in [-0.25, -0.2) is 4.98 Å². The predicted octanol–water partition coefficient (Wildman–Crippen LogP) is 0.550. The fraction of sp³-hybridized carbons (Fsp3) is 0.667. The van der Waals surface area contributed by atoms with Crippen molar-refractivity contribution in [2.75, 3.05) is 33.4 Å². The van der Waals surface area contributed by atoms with Crippen molar-refractivity contribution in [2.24, 2.45) is 5.73 Å². The van der Waals surface area contributed by atoms with E-state index < -0.39 is 0 Å². The number of hydrogen-bond acceptors (Lipinski definition) is 5. The zero-order valence-electron chi connectivity index (χ0n) is 8.48. The van der Waals surface area contributed by atoms with E-state index in [2.05, 4.69) is 16.9 Å². The topological polar surface area (TPSA) is 51.4 Å². The SMILES string of the molecule is CN(CCOCCN)Cc1nccs1. The summed E-state index contributed by atoms with van der Waals surface area (Å²) in [6, 6.07) is 0. The minimum absolute atomic E-state index is 0.593. The van der Waals surface area contributed by atoms with Crippen LogP contribution in [0.5, 0.6) is 0 Å². The fourth-order valence-electron chi connectivity index (χ4n) is 1.05. The van der Waals surface area contributed by atoms with E-state index in [-0.39, 0.29) is 0 Å². The lowest BCUT2D eigenvalue weighted by Crippen LogP contribution is -2.23. The average molecular weight is 215 g/mol. The monoisotopic (exact) mass is 215 g/mol. The van der Waals surface area contributed by atoms with Crippen molar-refractivity contribution >= 4 is 11.3 Å². The van der Waals surface area contributed by atoms with Crippen LogP contribution in [-0.2, 0) is 11.3 Å². The Labute approximate surface area is 88.7 Å². The third-order valence-corrected chi connectivity index (χ3v) is 2.53. The van der Waals surface area contributed by atoms with Crippen molar-refractivity contribution in [3.63, 3.8) is 0 Å². The van der Waals surface area contributed by atoms with Gasteiger partial charge in [-0.2, -0.15) is 0 Å². The van der Waals surface area contributed by atoms with Crippen molar-refractivity contribution in [2.45, 2.75) is 6.54 Å². The molecule has 0 fully saturated rings. The Hall–Kier alpha value is -0.490. The summed E-state index contributed by atoms with van der Waals surface area (Å²) < 4.78 is 5.29. The summed E-state index contributed by atoms with van der Waals surface area (Å²) in [5.41, 5.74) is 5.31. The molecule has 0 aliphatic heterocycles. The molecule has 1 rings (SSSR count). The first kappa shape index (κ1) is 11.6. The predicted molar refractivity (Wildman–Crippen MR) is 58.3 cm³/mol. The minimum Gasteiger partial charge on any atom is -0.379 e. The average Bonchev–Trinajstić information content (AvgIpc) is 2.65. The zero-order valence-corrected chi connectivity index (χ0v) is 9.30. The van der Waals surface area contributed by atoms with Gasteiger partial charge in [0.2, 0.25) is 0 Å². The molecule has 1 aromatic heterocycles. The zero-order chi connectivity index (χ0) is 10.2. The number of ether oxygens (including phenoxy) is 1. The van der Waals surface area contributed by atoms with Gasteiger partial charge in [-0.3, -0.25) is 4.90 Å². The first-order chi connectivity index (χ1) is 6.83. The van der Waals surface area contributed by atoms with Gasteiger partial charge in [-0.05, 0) is 7.05 Å². The smallest absolute Gasteiger partial charge is 0.107 e. The van der Waals surface area contributed by atoms with Crippen LogP contribution in [0.15, 0.2) is 11.6 Å². The number of rotatable bonds is 7. The molecule has 0 spiro atoms. The second kappa shape index (κ2) is 6.89. The van der Waals surface area contributed by atoms with E-state index in [0.717, 1.165) is 24.7 Å². The lowest BCUT2D eigenvalue weighted by molar-refractivity contribution is 0.115. The van der Waals surface area contributed by atoms with E-state index in [9.17, 15) is 0 Å². The summed E-state index contributed by atoms with van der Waals surface area (Å²) in [4.78, 5) is 6.41. The second-order valence-corrected chi connectivity index (χ2v) is 4.04. The van der Waals surface area contributed by atoms with E-state index in [1.54, 1.807) is 11.3 Å². The van der Waals surface area contributed by atoms with Gasteiger partial charge in [0.05, 0.1) is 19.8 Å². The van der Waals surface area contributed by atoms with Crippen molar-refractivity contribution in [3.05, 3.63) is 16.6 Å². The van der Waals surface area contributed by atoms with Gasteiger partial charge in [0.25, 0.3) is 0 Å². The highest BCUT2D eigenvalue weighted by atomic mass is 32.1. The van der Waals surface area contributed by atoms with Crippen molar-refractivity contribution < 1.29 is 4.74 Å². The number of hydrogen-bond donors (Lipinski definition) is 1. The van der Waals surface area contributed by atoms with Crippen molar-refractivity contribution in [3.8, 4) is 0 Å². The van der Waals surface area contributed by atoms with E-state index in [0.29, 0.717) is 13.2 Å². The van der Waals surface area contributed by atoms with E-state index in [1.165, 1.54) is 0 Å². The molecule has 0 aliphatic rings. The van der Waals surface area contributed by atoms with Gasteiger partial charge >= 0.3 is 0 Å². The quantitative estimate of drug-likeness (QED) is 0.675. The highest BCUT2D eigenvalue weighted by Crippen LogP contribution is 2.06. The minimum atomic E-state index is 0.593. The Morgan fingerprint density at radius 3 is 3.07 bits per heavy atom. The molecular formula is C9H17N3OS. The molecule has 0 aliphatic carbocycles. The molecular weight excluding hydrogens is 198 g/mol. The highest BCUT2D eigenvalue weighted by molar-refractivity contribution is 7.09. The summed E-state index contributed by atoms with van der Waals surface area (Å²) in [6.45, 7) is 3.78. The molecule has 2 N–H and O–H groups in total. The van der Waals surface area contributed by atoms with Crippen LogP contribution in [0.3, 0.4) is 0 Å². The lowest BCUT2D eigenvalue weighted by atomic mass is 10.5. The molecule has 0 atom stereocenters. The maximum absolute atomic E-state index is 5.31. The molecule has 0 saturated carbocycles. The number of nitrogens with two attached hydrogens (primary N) is 1. The van der Waals surface area contributed by atoms with E-state index in [1.807, 2.05) is 11.6 Å². The van der Waals surface area contributed by atoms with E-state index >= 15 is 0 Å². The molecule has 0 bridgehead atoms. The Bertz CT molecular complexity index is 228. The van der Waals surface area contributed by atoms with Crippen LogP contribution in [-0.4, -0.2) is 43.2 Å². The van der Waals surface area contributed by atoms with Crippen LogP contribution in [0.25, 0.3) is 0 Å². The van der Waals surface area contributed by atoms with Gasteiger partial charge in [0.15, 0.2) is 0 Å². The molecule has 0 amide bonds. The maximum Gasteiger partial charge on any atom is 0.107 e. The Kier molecular flexibility index (Phi) is 5.70. The second-order valence-electron chi connectivity index (χ2n) is 3.06. The molecule has 80 valence electrons. The summed E-state index contributed by atoms with van der Waals surface area (Å²) in [5.74, 6) is 0. The lowest BCUT2D eigenvalue weighted by Gasteiger charge is -2.14. The van der Waals surface area contributed by atoms with Crippen LogP contribution in [0.1, 0.15) is 5.01 Å². The summed E-state index contributed by atoms with van der Waals surface area (Å²) in [5, 5.41) is 3.14.